The van der Waals surface area contributed by atoms with E-state index in [1.54, 1.807) is 7.05 Å². The lowest BCUT2D eigenvalue weighted by molar-refractivity contribution is -0.135. The highest BCUT2D eigenvalue weighted by Gasteiger charge is 2.31. The van der Waals surface area contributed by atoms with E-state index in [0.717, 1.165) is 62.6 Å². The summed E-state index contributed by atoms with van der Waals surface area (Å²) < 4.78 is 5.48. The first-order valence-electron chi connectivity index (χ1n) is 11.4. The molecule has 2 aliphatic rings. The number of amides is 1. The van der Waals surface area contributed by atoms with Gasteiger partial charge in [-0.3, -0.25) is 9.79 Å². The predicted molar refractivity (Wildman–Crippen MR) is 115 cm³/mol. The molecule has 1 aliphatic carbocycles. The van der Waals surface area contributed by atoms with Crippen LogP contribution in [0.5, 0.6) is 0 Å². The smallest absolute Gasteiger partial charge is 0.225 e. The number of carbonyl (C=O) groups is 1. The molecule has 1 aromatic rings. The van der Waals surface area contributed by atoms with Gasteiger partial charge in [0.25, 0.3) is 0 Å². The van der Waals surface area contributed by atoms with Gasteiger partial charge in [0.2, 0.25) is 5.91 Å². The van der Waals surface area contributed by atoms with Crippen LogP contribution in [0.2, 0.25) is 0 Å². The van der Waals surface area contributed by atoms with Crippen molar-refractivity contribution in [2.45, 2.75) is 83.7 Å². The third-order valence-electron chi connectivity index (χ3n) is 6.43. The Kier molecular flexibility index (Phi) is 7.95. The average Bonchev–Trinajstić information content (AvgIpc) is 3.42. The van der Waals surface area contributed by atoms with Gasteiger partial charge in [-0.2, -0.15) is 0 Å². The third kappa shape index (κ3) is 5.73. The summed E-state index contributed by atoms with van der Waals surface area (Å²) >= 11 is 0. The van der Waals surface area contributed by atoms with Crippen LogP contribution in [0.3, 0.4) is 0 Å². The van der Waals surface area contributed by atoms with Crippen molar-refractivity contribution in [3.05, 3.63) is 17.5 Å². The molecule has 0 spiro atoms. The zero-order chi connectivity index (χ0) is 20.6. The Morgan fingerprint density at radius 3 is 2.72 bits per heavy atom. The fourth-order valence-electron chi connectivity index (χ4n) is 4.56. The second kappa shape index (κ2) is 10.6. The number of nitrogens with zero attached hydrogens (tertiary/aromatic N) is 3. The van der Waals surface area contributed by atoms with Crippen molar-refractivity contribution in [3.63, 3.8) is 0 Å². The van der Waals surface area contributed by atoms with Crippen LogP contribution in [0.1, 0.15) is 82.6 Å². The van der Waals surface area contributed by atoms with Gasteiger partial charge in [0.1, 0.15) is 0 Å². The van der Waals surface area contributed by atoms with Crippen LogP contribution in [0.25, 0.3) is 0 Å². The Labute approximate surface area is 174 Å². The van der Waals surface area contributed by atoms with Gasteiger partial charge >= 0.3 is 0 Å². The minimum atomic E-state index is 0.239. The quantitative estimate of drug-likeness (QED) is 0.538. The number of guanidine groups is 1. The van der Waals surface area contributed by atoms with Crippen LogP contribution < -0.4 is 10.6 Å². The van der Waals surface area contributed by atoms with Crippen LogP contribution >= 0.6 is 0 Å². The molecule has 1 amide bonds. The van der Waals surface area contributed by atoms with E-state index in [2.05, 4.69) is 34.6 Å². The molecule has 1 aliphatic heterocycles. The second-order valence-electron chi connectivity index (χ2n) is 8.41. The molecule has 1 aromatic heterocycles. The Bertz CT molecular complexity index is 676. The normalized spacial score (nSPS) is 21.0. The van der Waals surface area contributed by atoms with Gasteiger partial charge in [-0.05, 0) is 32.1 Å². The number of hydrogen-bond acceptors (Lipinski definition) is 4. The standard InChI is InChI=1S/C22H37N5O2/c1-4-16(5-2)20-13-19(29-26-20)14-24-22(23-3)25-18-11-12-27(15-18)21(28)17-9-7-6-8-10-17/h13,16-18H,4-12,14-15H2,1-3H3,(H2,23,24,25). The molecule has 7 nitrogen and oxygen atoms in total. The summed E-state index contributed by atoms with van der Waals surface area (Å²) in [4.78, 5) is 19.1. The number of nitrogens with one attached hydrogen (secondary N) is 2. The van der Waals surface area contributed by atoms with Crippen LogP contribution in [0.15, 0.2) is 15.6 Å². The Hall–Kier alpha value is -2.05. The highest BCUT2D eigenvalue weighted by molar-refractivity contribution is 5.81. The van der Waals surface area contributed by atoms with Gasteiger partial charge < -0.3 is 20.1 Å². The molecule has 3 rings (SSSR count). The predicted octanol–water partition coefficient (Wildman–Crippen LogP) is 3.42. The molecule has 1 saturated carbocycles. The van der Waals surface area contributed by atoms with E-state index in [9.17, 15) is 4.79 Å². The molecule has 1 atom stereocenters. The Morgan fingerprint density at radius 1 is 1.28 bits per heavy atom. The van der Waals surface area contributed by atoms with Crippen molar-refractivity contribution >= 4 is 11.9 Å². The summed E-state index contributed by atoms with van der Waals surface area (Å²) in [5.41, 5.74) is 1.03. The number of likely N-dealkylation sites (tertiary alicyclic amines) is 1. The van der Waals surface area contributed by atoms with E-state index in [0.29, 0.717) is 18.4 Å². The fraction of sp³-hybridized carbons (Fsp3) is 0.773. The maximum absolute atomic E-state index is 12.8. The molecular weight excluding hydrogens is 366 g/mol. The first-order chi connectivity index (χ1) is 14.1. The second-order valence-corrected chi connectivity index (χ2v) is 8.41. The van der Waals surface area contributed by atoms with Crippen LogP contribution in [-0.2, 0) is 11.3 Å². The summed E-state index contributed by atoms with van der Waals surface area (Å²) in [6.45, 7) is 6.50. The summed E-state index contributed by atoms with van der Waals surface area (Å²) in [6.07, 6.45) is 8.89. The van der Waals surface area contributed by atoms with Crippen molar-refractivity contribution in [3.8, 4) is 0 Å². The molecular formula is C22H37N5O2. The van der Waals surface area contributed by atoms with Crippen LogP contribution in [0.4, 0.5) is 0 Å². The number of aromatic nitrogens is 1. The van der Waals surface area contributed by atoms with E-state index < -0.39 is 0 Å². The zero-order valence-electron chi connectivity index (χ0n) is 18.2. The van der Waals surface area contributed by atoms with E-state index in [1.807, 2.05) is 11.0 Å². The Morgan fingerprint density at radius 2 is 2.03 bits per heavy atom. The molecule has 2 heterocycles. The summed E-state index contributed by atoms with van der Waals surface area (Å²) in [6, 6.07) is 2.28. The minimum Gasteiger partial charge on any atom is -0.359 e. The monoisotopic (exact) mass is 403 g/mol. The lowest BCUT2D eigenvalue weighted by Gasteiger charge is -2.26. The molecule has 2 N–H and O–H groups in total. The topological polar surface area (TPSA) is 82.8 Å². The molecule has 0 aromatic carbocycles. The van der Waals surface area contributed by atoms with Gasteiger partial charge in [0, 0.05) is 44.1 Å². The molecule has 0 bridgehead atoms. The molecule has 29 heavy (non-hydrogen) atoms. The highest BCUT2D eigenvalue weighted by Crippen LogP contribution is 2.27. The Balaban J connectivity index is 1.45. The van der Waals surface area contributed by atoms with E-state index in [4.69, 9.17) is 4.52 Å². The highest BCUT2D eigenvalue weighted by atomic mass is 16.5. The fourth-order valence-corrected chi connectivity index (χ4v) is 4.56. The molecule has 7 heteroatoms. The summed E-state index contributed by atoms with van der Waals surface area (Å²) in [5.74, 6) is 2.61. The lowest BCUT2D eigenvalue weighted by atomic mass is 9.88. The summed E-state index contributed by atoms with van der Waals surface area (Å²) in [5, 5.41) is 11.0. The average molecular weight is 404 g/mol. The van der Waals surface area contributed by atoms with Crippen molar-refractivity contribution in [2.24, 2.45) is 10.9 Å². The summed E-state index contributed by atoms with van der Waals surface area (Å²) in [7, 11) is 1.77. The lowest BCUT2D eigenvalue weighted by Crippen LogP contribution is -2.45. The molecule has 0 radical (unpaired) electrons. The number of hydrogen-bond donors (Lipinski definition) is 2. The van der Waals surface area contributed by atoms with Gasteiger partial charge in [-0.15, -0.1) is 0 Å². The van der Waals surface area contributed by atoms with Gasteiger partial charge in [-0.25, -0.2) is 0 Å². The van der Waals surface area contributed by atoms with Gasteiger partial charge in [-0.1, -0.05) is 38.3 Å². The van der Waals surface area contributed by atoms with Crippen molar-refractivity contribution in [1.29, 1.82) is 0 Å². The van der Waals surface area contributed by atoms with E-state index in [-0.39, 0.29) is 12.0 Å². The van der Waals surface area contributed by atoms with Crippen molar-refractivity contribution in [1.82, 2.24) is 20.7 Å². The third-order valence-corrected chi connectivity index (χ3v) is 6.43. The molecule has 2 fully saturated rings. The van der Waals surface area contributed by atoms with E-state index in [1.165, 1.54) is 19.3 Å². The zero-order valence-corrected chi connectivity index (χ0v) is 18.2. The number of rotatable bonds is 7. The van der Waals surface area contributed by atoms with Crippen molar-refractivity contribution in [2.75, 3.05) is 20.1 Å². The largest absolute Gasteiger partial charge is 0.359 e. The van der Waals surface area contributed by atoms with E-state index >= 15 is 0 Å². The first kappa shape index (κ1) is 21.7. The maximum Gasteiger partial charge on any atom is 0.225 e. The van der Waals surface area contributed by atoms with Crippen LogP contribution in [0, 0.1) is 5.92 Å². The van der Waals surface area contributed by atoms with Crippen LogP contribution in [-0.4, -0.2) is 48.1 Å². The number of carbonyl (C=O) groups excluding carboxylic acids is 1. The molecule has 162 valence electrons. The maximum atomic E-state index is 12.8. The van der Waals surface area contributed by atoms with Gasteiger partial charge in [0.05, 0.1) is 12.2 Å². The molecule has 1 saturated heterocycles. The first-order valence-corrected chi connectivity index (χ1v) is 11.4. The SMILES string of the molecule is CCC(CC)c1cc(CNC(=NC)NC2CCN(C(=O)C3CCCCC3)C2)on1. The van der Waals surface area contributed by atoms with Crippen molar-refractivity contribution < 1.29 is 9.32 Å². The van der Waals surface area contributed by atoms with Gasteiger partial charge in [0.15, 0.2) is 11.7 Å². The molecule has 1 unspecified atom stereocenters. The minimum absolute atomic E-state index is 0.239. The number of aliphatic imine (C=N–C) groups is 1.